The van der Waals surface area contributed by atoms with Gasteiger partial charge in [-0.25, -0.2) is 0 Å². The fourth-order valence-electron chi connectivity index (χ4n) is 2.70. The first-order chi connectivity index (χ1) is 14.9. The van der Waals surface area contributed by atoms with Gasteiger partial charge in [0.25, 0.3) is 5.91 Å². The number of hydrogen-bond acceptors (Lipinski definition) is 4. The van der Waals surface area contributed by atoms with Crippen molar-refractivity contribution < 1.29 is 14.3 Å². The highest BCUT2D eigenvalue weighted by Gasteiger charge is 2.11. The SMILES string of the molecule is NC(=O)CCOc1ccccc1NC(=O)c1cccc(CSc2cc(Cl)ccc2Cl)c1. The van der Waals surface area contributed by atoms with Crippen molar-refractivity contribution in [2.45, 2.75) is 17.1 Å². The number of carbonyl (C=O) groups excluding carboxylic acids is 2. The highest BCUT2D eigenvalue weighted by atomic mass is 35.5. The maximum absolute atomic E-state index is 12.8. The average molecular weight is 475 g/mol. The Kier molecular flexibility index (Phi) is 8.23. The number of thioether (sulfide) groups is 1. The summed E-state index contributed by atoms with van der Waals surface area (Å²) in [6, 6.07) is 19.7. The van der Waals surface area contributed by atoms with Crippen LogP contribution in [0.5, 0.6) is 5.75 Å². The zero-order valence-electron chi connectivity index (χ0n) is 16.4. The van der Waals surface area contributed by atoms with E-state index in [-0.39, 0.29) is 18.9 Å². The summed E-state index contributed by atoms with van der Waals surface area (Å²) < 4.78 is 5.57. The smallest absolute Gasteiger partial charge is 0.255 e. The standard InChI is InChI=1S/C23H20Cl2N2O3S/c24-17-8-9-18(25)21(13-17)31-14-15-4-3-5-16(12-15)23(29)27-19-6-1-2-7-20(19)30-11-10-22(26)28/h1-9,12-13H,10-11,14H2,(H2,26,28)(H,27,29). The first-order valence-electron chi connectivity index (χ1n) is 9.40. The molecule has 31 heavy (non-hydrogen) atoms. The number of para-hydroxylation sites is 2. The van der Waals surface area contributed by atoms with E-state index in [1.54, 1.807) is 54.2 Å². The normalized spacial score (nSPS) is 10.5. The minimum atomic E-state index is -0.449. The van der Waals surface area contributed by atoms with Crippen molar-refractivity contribution in [1.82, 2.24) is 0 Å². The van der Waals surface area contributed by atoms with Gasteiger partial charge >= 0.3 is 0 Å². The number of hydrogen-bond donors (Lipinski definition) is 2. The van der Waals surface area contributed by atoms with Crippen LogP contribution in [0.25, 0.3) is 0 Å². The summed E-state index contributed by atoms with van der Waals surface area (Å²) in [5.74, 6) is 0.391. The molecular formula is C23H20Cl2N2O3S. The van der Waals surface area contributed by atoms with Crippen molar-refractivity contribution in [2.75, 3.05) is 11.9 Å². The Bertz CT molecular complexity index is 1090. The van der Waals surface area contributed by atoms with E-state index in [0.29, 0.717) is 32.8 Å². The Morgan fingerprint density at radius 1 is 1.00 bits per heavy atom. The lowest BCUT2D eigenvalue weighted by Crippen LogP contribution is -2.16. The molecule has 3 N–H and O–H groups in total. The molecular weight excluding hydrogens is 455 g/mol. The molecule has 3 aromatic carbocycles. The van der Waals surface area contributed by atoms with Gasteiger partial charge in [-0.2, -0.15) is 0 Å². The maximum Gasteiger partial charge on any atom is 0.255 e. The van der Waals surface area contributed by atoms with Gasteiger partial charge in [0, 0.05) is 21.2 Å². The van der Waals surface area contributed by atoms with Crippen molar-refractivity contribution in [3.8, 4) is 5.75 Å². The predicted octanol–water partition coefficient (Wildman–Crippen LogP) is 5.79. The molecule has 0 aliphatic rings. The van der Waals surface area contributed by atoms with E-state index in [0.717, 1.165) is 10.5 Å². The maximum atomic E-state index is 12.8. The van der Waals surface area contributed by atoms with Gasteiger partial charge in [0.05, 0.1) is 23.7 Å². The van der Waals surface area contributed by atoms with E-state index in [1.807, 2.05) is 24.3 Å². The van der Waals surface area contributed by atoms with Crippen LogP contribution in [0.15, 0.2) is 71.6 Å². The number of benzene rings is 3. The third-order valence-corrected chi connectivity index (χ3v) is 6.02. The minimum absolute atomic E-state index is 0.0959. The summed E-state index contributed by atoms with van der Waals surface area (Å²) in [5.41, 5.74) is 7.14. The predicted molar refractivity (Wildman–Crippen MR) is 126 cm³/mol. The van der Waals surface area contributed by atoms with Crippen LogP contribution in [0.1, 0.15) is 22.3 Å². The highest BCUT2D eigenvalue weighted by Crippen LogP contribution is 2.32. The van der Waals surface area contributed by atoms with Crippen LogP contribution in [0.4, 0.5) is 5.69 Å². The monoisotopic (exact) mass is 474 g/mol. The van der Waals surface area contributed by atoms with Gasteiger partial charge in [0.1, 0.15) is 5.75 Å². The Morgan fingerprint density at radius 2 is 1.81 bits per heavy atom. The number of halogens is 2. The largest absolute Gasteiger partial charge is 0.491 e. The molecule has 0 unspecified atom stereocenters. The van der Waals surface area contributed by atoms with Crippen molar-refractivity contribution >= 4 is 52.5 Å². The Balaban J connectivity index is 1.66. The second-order valence-electron chi connectivity index (χ2n) is 6.58. The molecule has 8 heteroatoms. The van der Waals surface area contributed by atoms with Crippen molar-refractivity contribution in [3.63, 3.8) is 0 Å². The van der Waals surface area contributed by atoms with Crippen molar-refractivity contribution in [2.24, 2.45) is 5.73 Å². The molecule has 0 saturated carbocycles. The van der Waals surface area contributed by atoms with Crippen LogP contribution in [0.3, 0.4) is 0 Å². The number of rotatable bonds is 9. The van der Waals surface area contributed by atoms with Gasteiger partial charge in [-0.3, -0.25) is 9.59 Å². The molecule has 0 bridgehead atoms. The number of nitrogens with two attached hydrogens (primary N) is 1. The van der Waals surface area contributed by atoms with Gasteiger partial charge in [-0.05, 0) is 48.0 Å². The van der Waals surface area contributed by atoms with Gasteiger partial charge in [-0.1, -0.05) is 47.5 Å². The molecule has 0 spiro atoms. The number of nitrogens with one attached hydrogen (secondary N) is 1. The summed E-state index contributed by atoms with van der Waals surface area (Å²) in [5, 5.41) is 4.11. The van der Waals surface area contributed by atoms with Crippen LogP contribution in [0.2, 0.25) is 10.0 Å². The van der Waals surface area contributed by atoms with Gasteiger partial charge in [0.2, 0.25) is 5.91 Å². The second-order valence-corrected chi connectivity index (χ2v) is 8.44. The number of ether oxygens (including phenoxy) is 1. The van der Waals surface area contributed by atoms with Crippen LogP contribution in [-0.2, 0) is 10.5 Å². The number of carbonyl (C=O) groups is 2. The number of primary amides is 1. The molecule has 5 nitrogen and oxygen atoms in total. The van der Waals surface area contributed by atoms with Crippen molar-refractivity contribution in [1.29, 1.82) is 0 Å². The summed E-state index contributed by atoms with van der Waals surface area (Å²) in [7, 11) is 0. The molecule has 2 amide bonds. The molecule has 0 aliphatic carbocycles. The summed E-state index contributed by atoms with van der Waals surface area (Å²) in [4.78, 5) is 24.6. The lowest BCUT2D eigenvalue weighted by atomic mass is 10.1. The van der Waals surface area contributed by atoms with Gasteiger partial charge in [0.15, 0.2) is 0 Å². The first kappa shape index (κ1) is 23.0. The molecule has 160 valence electrons. The highest BCUT2D eigenvalue weighted by molar-refractivity contribution is 7.98. The average Bonchev–Trinajstić information content (AvgIpc) is 2.75. The molecule has 0 radical (unpaired) electrons. The lowest BCUT2D eigenvalue weighted by Gasteiger charge is -2.12. The lowest BCUT2D eigenvalue weighted by molar-refractivity contribution is -0.118. The van der Waals surface area contributed by atoms with E-state index in [9.17, 15) is 9.59 Å². The third-order valence-electron chi connectivity index (χ3n) is 4.22. The molecule has 3 rings (SSSR count). The molecule has 0 heterocycles. The van der Waals surface area contributed by atoms with E-state index in [1.165, 1.54) is 0 Å². The fraction of sp³-hybridized carbons (Fsp3) is 0.130. The molecule has 0 atom stereocenters. The zero-order valence-corrected chi connectivity index (χ0v) is 18.8. The number of amides is 2. The molecule has 0 saturated heterocycles. The zero-order chi connectivity index (χ0) is 22.2. The first-order valence-corrected chi connectivity index (χ1v) is 11.1. The topological polar surface area (TPSA) is 81.4 Å². The number of anilines is 1. The van der Waals surface area contributed by atoms with Crippen LogP contribution < -0.4 is 15.8 Å². The van der Waals surface area contributed by atoms with Gasteiger partial charge < -0.3 is 15.8 Å². The van der Waals surface area contributed by atoms with Crippen LogP contribution in [0, 0.1) is 0 Å². The van der Waals surface area contributed by atoms with Gasteiger partial charge in [-0.15, -0.1) is 11.8 Å². The molecule has 3 aromatic rings. The second kappa shape index (κ2) is 11.1. The third kappa shape index (κ3) is 6.92. The minimum Gasteiger partial charge on any atom is -0.491 e. The van der Waals surface area contributed by atoms with Crippen LogP contribution >= 0.6 is 35.0 Å². The Morgan fingerprint density at radius 3 is 2.61 bits per heavy atom. The fourth-order valence-corrected chi connectivity index (χ4v) is 4.14. The quantitative estimate of drug-likeness (QED) is 0.384. The summed E-state index contributed by atoms with van der Waals surface area (Å²) >= 11 is 13.8. The van der Waals surface area contributed by atoms with Crippen LogP contribution in [-0.4, -0.2) is 18.4 Å². The molecule has 0 aromatic heterocycles. The molecule has 0 aliphatic heterocycles. The Hall–Kier alpha value is -2.67. The Labute approximate surface area is 194 Å². The van der Waals surface area contributed by atoms with E-state index in [2.05, 4.69) is 5.32 Å². The van der Waals surface area contributed by atoms with E-state index >= 15 is 0 Å². The summed E-state index contributed by atoms with van der Waals surface area (Å²) in [6.45, 7) is 0.140. The van der Waals surface area contributed by atoms with E-state index < -0.39 is 5.91 Å². The van der Waals surface area contributed by atoms with Crippen molar-refractivity contribution in [3.05, 3.63) is 87.9 Å². The summed E-state index contributed by atoms with van der Waals surface area (Å²) in [6.07, 6.45) is 0.0959. The molecule has 0 fully saturated rings. The van der Waals surface area contributed by atoms with E-state index in [4.69, 9.17) is 33.7 Å².